The predicted octanol–water partition coefficient (Wildman–Crippen LogP) is 19.4. The maximum atomic E-state index is 2.57. The van der Waals surface area contributed by atoms with Crippen LogP contribution in [0.3, 0.4) is 0 Å². The number of nitrogens with zero attached hydrogens (tertiary/aromatic N) is 1. The summed E-state index contributed by atoms with van der Waals surface area (Å²) in [5.74, 6) is 0. The van der Waals surface area contributed by atoms with Crippen molar-refractivity contribution in [2.75, 3.05) is 4.90 Å². The second-order valence-corrected chi connectivity index (χ2v) is 22.9. The summed E-state index contributed by atoms with van der Waals surface area (Å²) in [5, 5.41) is 0. The molecule has 10 aromatic carbocycles. The average Bonchev–Trinajstić information content (AvgIpc) is 3.84. The lowest BCUT2D eigenvalue weighted by Crippen LogP contribution is -2.29. The maximum absolute atomic E-state index is 2.57. The van der Waals surface area contributed by atoms with Crippen LogP contribution in [0.4, 0.5) is 17.1 Å². The van der Waals surface area contributed by atoms with Gasteiger partial charge in [-0.3, -0.25) is 0 Å². The van der Waals surface area contributed by atoms with Gasteiger partial charge >= 0.3 is 0 Å². The molecule has 0 spiro atoms. The van der Waals surface area contributed by atoms with Gasteiger partial charge in [0.15, 0.2) is 0 Å². The number of anilines is 3. The summed E-state index contributed by atoms with van der Waals surface area (Å²) in [5.41, 5.74) is 25.2. The number of benzene rings is 10. The highest BCUT2D eigenvalue weighted by molar-refractivity contribution is 5.98. The van der Waals surface area contributed by atoms with Gasteiger partial charge in [0.05, 0.1) is 11.1 Å². The van der Waals surface area contributed by atoms with E-state index in [1.165, 1.54) is 100 Å². The van der Waals surface area contributed by atoms with Crippen LogP contribution in [0.15, 0.2) is 237 Å². The van der Waals surface area contributed by atoms with E-state index in [1.54, 1.807) is 0 Å². The van der Waals surface area contributed by atoms with Crippen molar-refractivity contribution in [3.05, 3.63) is 281 Å². The minimum atomic E-state index is -0.623. The molecule has 0 N–H and O–H groups in total. The van der Waals surface area contributed by atoms with Crippen LogP contribution in [-0.4, -0.2) is 0 Å². The van der Waals surface area contributed by atoms with Crippen molar-refractivity contribution >= 4 is 17.1 Å². The van der Waals surface area contributed by atoms with Crippen molar-refractivity contribution in [3.63, 3.8) is 0 Å². The fourth-order valence-corrected chi connectivity index (χ4v) is 12.2. The lowest BCUT2D eigenvalue weighted by atomic mass is 9.67. The minimum Gasteiger partial charge on any atom is -0.310 e. The summed E-state index contributed by atoms with van der Waals surface area (Å²) in [6.07, 6.45) is 0. The molecule has 356 valence electrons. The van der Waals surface area contributed by atoms with Crippen LogP contribution < -0.4 is 4.90 Å². The van der Waals surface area contributed by atoms with E-state index in [-0.39, 0.29) is 16.2 Å². The third kappa shape index (κ3) is 7.59. The van der Waals surface area contributed by atoms with Crippen LogP contribution in [-0.2, 0) is 21.7 Å². The van der Waals surface area contributed by atoms with Crippen molar-refractivity contribution in [2.24, 2.45) is 0 Å². The first kappa shape index (κ1) is 46.1. The molecule has 2 aliphatic carbocycles. The van der Waals surface area contributed by atoms with E-state index in [0.717, 1.165) is 17.1 Å². The monoisotopic (exact) mass is 941 g/mol. The van der Waals surface area contributed by atoms with Crippen molar-refractivity contribution in [3.8, 4) is 55.6 Å². The summed E-state index contributed by atoms with van der Waals surface area (Å²) in [6, 6.07) is 89.3. The van der Waals surface area contributed by atoms with Crippen LogP contribution in [0.5, 0.6) is 0 Å². The summed E-state index contributed by atoms with van der Waals surface area (Å²) in [4.78, 5) is 2.57. The molecular weight excluding hydrogens is 879 g/mol. The summed E-state index contributed by atoms with van der Waals surface area (Å²) >= 11 is 0. The van der Waals surface area contributed by atoms with Gasteiger partial charge in [-0.1, -0.05) is 256 Å². The van der Waals surface area contributed by atoms with Crippen molar-refractivity contribution in [1.29, 1.82) is 0 Å². The molecule has 1 nitrogen and oxygen atoms in total. The van der Waals surface area contributed by atoms with Crippen molar-refractivity contribution in [2.45, 2.75) is 77.0 Å². The largest absolute Gasteiger partial charge is 0.310 e. The van der Waals surface area contributed by atoms with E-state index in [0.29, 0.717) is 0 Å². The van der Waals surface area contributed by atoms with Gasteiger partial charge in [0.2, 0.25) is 0 Å². The molecule has 1 heteroatoms. The first-order valence-corrected chi connectivity index (χ1v) is 26.1. The van der Waals surface area contributed by atoms with Crippen molar-refractivity contribution in [1.82, 2.24) is 0 Å². The third-order valence-corrected chi connectivity index (χ3v) is 16.0. The second-order valence-electron chi connectivity index (χ2n) is 22.9. The Hall–Kier alpha value is -8.00. The second kappa shape index (κ2) is 17.3. The molecule has 0 saturated carbocycles. The number of fused-ring (bicyclic) bond motifs is 6. The fraction of sp³-hybridized carbons (Fsp3) is 0.167. The molecule has 0 aliphatic heterocycles. The van der Waals surface area contributed by atoms with Gasteiger partial charge in [0, 0.05) is 22.4 Å². The lowest BCUT2D eigenvalue weighted by molar-refractivity contribution is 0.569. The molecule has 0 bridgehead atoms. The maximum Gasteiger partial charge on any atom is 0.0714 e. The molecule has 2 aliphatic rings. The first-order chi connectivity index (χ1) is 35.2. The molecule has 1 atom stereocenters. The van der Waals surface area contributed by atoms with Gasteiger partial charge < -0.3 is 4.90 Å². The van der Waals surface area contributed by atoms with Gasteiger partial charge in [-0.25, -0.2) is 0 Å². The van der Waals surface area contributed by atoms with Crippen molar-refractivity contribution < 1.29 is 0 Å². The van der Waals surface area contributed by atoms with Gasteiger partial charge in [0.25, 0.3) is 0 Å². The van der Waals surface area contributed by atoms with Crippen LogP contribution >= 0.6 is 0 Å². The topological polar surface area (TPSA) is 3.24 Å². The number of hydrogen-bond acceptors (Lipinski definition) is 1. The Morgan fingerprint density at radius 3 is 1.51 bits per heavy atom. The van der Waals surface area contributed by atoms with Gasteiger partial charge in [-0.2, -0.15) is 0 Å². The zero-order valence-corrected chi connectivity index (χ0v) is 43.5. The summed E-state index contributed by atoms with van der Waals surface area (Å²) < 4.78 is 0. The van der Waals surface area contributed by atoms with E-state index in [1.807, 2.05) is 0 Å². The Balaban J connectivity index is 1.18. The molecule has 73 heavy (non-hydrogen) atoms. The molecule has 0 aromatic heterocycles. The lowest BCUT2D eigenvalue weighted by Gasteiger charge is -2.35. The van der Waals surface area contributed by atoms with E-state index >= 15 is 0 Å². The van der Waals surface area contributed by atoms with E-state index < -0.39 is 5.41 Å². The molecule has 0 amide bonds. The molecule has 10 aromatic rings. The van der Waals surface area contributed by atoms with E-state index in [9.17, 15) is 0 Å². The van der Waals surface area contributed by atoms with Gasteiger partial charge in [-0.15, -0.1) is 0 Å². The van der Waals surface area contributed by atoms with Crippen LogP contribution in [0, 0.1) is 0 Å². The normalized spacial score (nSPS) is 15.3. The minimum absolute atomic E-state index is 0.0531. The molecule has 0 radical (unpaired) electrons. The highest BCUT2D eigenvalue weighted by Gasteiger charge is 2.47. The molecule has 12 rings (SSSR count). The van der Waals surface area contributed by atoms with Gasteiger partial charge in [0.1, 0.15) is 0 Å². The van der Waals surface area contributed by atoms with Crippen LogP contribution in [0.1, 0.15) is 99.9 Å². The predicted molar refractivity (Wildman–Crippen MR) is 310 cm³/mol. The Bertz CT molecular complexity index is 3680. The quantitative estimate of drug-likeness (QED) is 0.147. The Morgan fingerprint density at radius 1 is 0.315 bits per heavy atom. The summed E-state index contributed by atoms with van der Waals surface area (Å²) in [6.45, 7) is 18.9. The van der Waals surface area contributed by atoms with E-state index in [2.05, 4.69) is 297 Å². The van der Waals surface area contributed by atoms with Gasteiger partial charge in [-0.05, 0) is 142 Å². The molecule has 1 unspecified atom stereocenters. The SMILES string of the molecule is CC(C)(C)c1cc(-c2cc(N(c3ccc4c(c3)C(c3ccccc3)(c3cccc(-c5ccccc5)c3)c3ccccc3-4)c3ccccc3-c3ccccc3)cc3c2-c2ccccc2C3(C)C)cc(C(C)(C)C)c1. The number of rotatable bonds is 8. The zero-order valence-electron chi connectivity index (χ0n) is 43.5. The zero-order chi connectivity index (χ0) is 50.3. The molecule has 0 heterocycles. The number of para-hydroxylation sites is 1. The fourth-order valence-electron chi connectivity index (χ4n) is 12.2. The Labute approximate surface area is 433 Å². The van der Waals surface area contributed by atoms with Crippen LogP contribution in [0.25, 0.3) is 55.6 Å². The highest BCUT2D eigenvalue weighted by atomic mass is 15.1. The smallest absolute Gasteiger partial charge is 0.0714 e. The Kier molecular flexibility index (Phi) is 11.0. The average molecular weight is 942 g/mol. The molecule has 0 fully saturated rings. The molecular formula is C72H63N. The highest BCUT2D eigenvalue weighted by Crippen LogP contribution is 2.59. The van der Waals surface area contributed by atoms with E-state index in [4.69, 9.17) is 0 Å². The Morgan fingerprint density at radius 2 is 0.836 bits per heavy atom. The van der Waals surface area contributed by atoms with Crippen LogP contribution in [0.2, 0.25) is 0 Å². The standard InChI is InChI=1S/C72H63N/c1-69(2,3)54-42-51(43-55(44-54)70(4,5)6)62-45-57(47-66-68(62)61-35-19-21-36-63(61)71(66,7)8)73(67-38-23-20-33-58(67)49-27-14-10-15-28-49)56-39-40-60-59-34-18-22-37-64(59)72(65(60)46-56,52-30-16-11-17-31-52)53-32-24-29-50(41-53)48-25-12-9-13-26-48/h9-47H,1-8H3. The number of hydrogen-bond donors (Lipinski definition) is 0. The summed E-state index contributed by atoms with van der Waals surface area (Å²) in [7, 11) is 0. The first-order valence-electron chi connectivity index (χ1n) is 26.1. The third-order valence-electron chi connectivity index (χ3n) is 16.0. The molecule has 0 saturated heterocycles.